The number of hydrogen-bond acceptors (Lipinski definition) is 6. The van der Waals surface area contributed by atoms with E-state index in [2.05, 4.69) is 9.88 Å². The molecule has 148 valence electrons. The number of hydrogen-bond donors (Lipinski definition) is 0. The second kappa shape index (κ2) is 7.73. The molecule has 0 atom stereocenters. The normalized spacial score (nSPS) is 22.5. The minimum absolute atomic E-state index is 0.215. The smallest absolute Gasteiger partial charge is 0.244 e. The van der Waals surface area contributed by atoms with E-state index in [0.717, 1.165) is 31.7 Å². The van der Waals surface area contributed by atoms with Crippen LogP contribution in [0.3, 0.4) is 0 Å². The van der Waals surface area contributed by atoms with E-state index in [1.165, 1.54) is 16.9 Å². The van der Waals surface area contributed by atoms with Crippen molar-refractivity contribution in [3.05, 3.63) is 18.3 Å². The number of anilines is 1. The van der Waals surface area contributed by atoms with Gasteiger partial charge in [-0.15, -0.1) is 0 Å². The number of aromatic nitrogens is 1. The summed E-state index contributed by atoms with van der Waals surface area (Å²) in [4.78, 5) is 21.0. The zero-order chi connectivity index (χ0) is 18.9. The van der Waals surface area contributed by atoms with Crippen LogP contribution in [0.5, 0.6) is 0 Å². The Bertz CT molecular complexity index is 765. The van der Waals surface area contributed by atoms with Gasteiger partial charge >= 0.3 is 0 Å². The summed E-state index contributed by atoms with van der Waals surface area (Å²) in [6.07, 6.45) is 4.66. The van der Waals surface area contributed by atoms with Gasteiger partial charge < -0.3 is 14.5 Å². The van der Waals surface area contributed by atoms with Gasteiger partial charge in [-0.05, 0) is 25.0 Å². The molecule has 0 bridgehead atoms. The molecule has 1 amide bonds. The van der Waals surface area contributed by atoms with Crippen molar-refractivity contribution in [2.24, 2.45) is 5.92 Å². The molecule has 0 radical (unpaired) electrons. The average Bonchev–Trinajstić information content (AvgIpc) is 2.67. The van der Waals surface area contributed by atoms with Gasteiger partial charge in [0.05, 0.1) is 13.2 Å². The molecule has 27 heavy (non-hydrogen) atoms. The highest BCUT2D eigenvalue weighted by Crippen LogP contribution is 2.29. The highest BCUT2D eigenvalue weighted by molar-refractivity contribution is 7.89. The van der Waals surface area contributed by atoms with E-state index in [1.54, 1.807) is 12.1 Å². The summed E-state index contributed by atoms with van der Waals surface area (Å²) < 4.78 is 32.0. The number of carbonyl (C=O) groups is 1. The van der Waals surface area contributed by atoms with Crippen molar-refractivity contribution in [3.8, 4) is 0 Å². The molecule has 2 saturated heterocycles. The molecule has 2 aliphatic heterocycles. The van der Waals surface area contributed by atoms with E-state index < -0.39 is 10.0 Å². The largest absolute Gasteiger partial charge is 0.379 e. The highest BCUT2D eigenvalue weighted by atomic mass is 32.2. The first-order chi connectivity index (χ1) is 13.1. The molecule has 0 spiro atoms. The van der Waals surface area contributed by atoms with Crippen LogP contribution in [0.25, 0.3) is 0 Å². The standard InChI is InChI=1S/C18H26N4O4S/c23-18(15-2-1-3-15)21-8-6-20(7-9-21)17-5-4-16(14-19-17)27(24,25)22-10-12-26-13-11-22/h4-5,14-15H,1-3,6-13H2. The maximum Gasteiger partial charge on any atom is 0.244 e. The summed E-state index contributed by atoms with van der Waals surface area (Å²) in [5.41, 5.74) is 0. The molecule has 1 aromatic heterocycles. The van der Waals surface area contributed by atoms with Crippen molar-refractivity contribution in [1.82, 2.24) is 14.2 Å². The molecule has 3 fully saturated rings. The Labute approximate surface area is 160 Å². The number of carbonyl (C=O) groups excluding carboxylic acids is 1. The zero-order valence-corrected chi connectivity index (χ0v) is 16.2. The fraction of sp³-hybridized carbons (Fsp3) is 0.667. The third-order valence-corrected chi connectivity index (χ3v) is 7.58. The molecule has 0 unspecified atom stereocenters. The Morgan fingerprint density at radius 2 is 1.74 bits per heavy atom. The predicted octanol–water partition coefficient (Wildman–Crippen LogP) is 0.551. The molecule has 1 saturated carbocycles. The quantitative estimate of drug-likeness (QED) is 0.742. The second-order valence-electron chi connectivity index (χ2n) is 7.31. The van der Waals surface area contributed by atoms with Crippen molar-refractivity contribution in [2.45, 2.75) is 24.2 Å². The Balaban J connectivity index is 1.37. The first-order valence-corrected chi connectivity index (χ1v) is 11.1. The topological polar surface area (TPSA) is 83.1 Å². The van der Waals surface area contributed by atoms with E-state index in [-0.39, 0.29) is 10.8 Å². The fourth-order valence-corrected chi connectivity index (χ4v) is 5.07. The molecule has 9 heteroatoms. The van der Waals surface area contributed by atoms with E-state index in [0.29, 0.717) is 45.3 Å². The van der Waals surface area contributed by atoms with Gasteiger partial charge in [0.2, 0.25) is 15.9 Å². The SMILES string of the molecule is O=C(C1CCC1)N1CCN(c2ccc(S(=O)(=O)N3CCOCC3)cn2)CC1. The number of ether oxygens (including phenoxy) is 1. The van der Waals surface area contributed by atoms with E-state index in [1.807, 2.05) is 4.90 Å². The van der Waals surface area contributed by atoms with Gasteiger partial charge in [0, 0.05) is 51.4 Å². The third kappa shape index (κ3) is 3.81. The molecule has 0 N–H and O–H groups in total. The number of piperazine rings is 1. The van der Waals surface area contributed by atoms with E-state index in [9.17, 15) is 13.2 Å². The number of pyridine rings is 1. The van der Waals surface area contributed by atoms with Gasteiger partial charge in [0.25, 0.3) is 0 Å². The Hall–Kier alpha value is -1.71. The molecule has 1 aromatic rings. The van der Waals surface area contributed by atoms with E-state index >= 15 is 0 Å². The predicted molar refractivity (Wildman–Crippen MR) is 99.9 cm³/mol. The van der Waals surface area contributed by atoms with Gasteiger partial charge in [0.15, 0.2) is 0 Å². The lowest BCUT2D eigenvalue weighted by atomic mass is 9.84. The number of amides is 1. The van der Waals surface area contributed by atoms with Crippen molar-refractivity contribution in [3.63, 3.8) is 0 Å². The lowest BCUT2D eigenvalue weighted by Gasteiger charge is -2.38. The van der Waals surface area contributed by atoms with Gasteiger partial charge in [-0.25, -0.2) is 13.4 Å². The Kier molecular flexibility index (Phi) is 5.34. The number of sulfonamides is 1. The first-order valence-electron chi connectivity index (χ1n) is 9.63. The van der Waals surface area contributed by atoms with Crippen LogP contribution in [-0.4, -0.2) is 81.0 Å². The number of morpholine rings is 1. The third-order valence-electron chi connectivity index (χ3n) is 5.70. The summed E-state index contributed by atoms with van der Waals surface area (Å²) in [5.74, 6) is 1.28. The summed E-state index contributed by atoms with van der Waals surface area (Å²) in [5, 5.41) is 0. The molecule has 1 aliphatic carbocycles. The zero-order valence-electron chi connectivity index (χ0n) is 15.4. The van der Waals surface area contributed by atoms with Gasteiger partial charge in [-0.1, -0.05) is 6.42 Å². The van der Waals surface area contributed by atoms with Gasteiger partial charge in [-0.2, -0.15) is 4.31 Å². The second-order valence-corrected chi connectivity index (χ2v) is 9.25. The molecule has 3 heterocycles. The van der Waals surface area contributed by atoms with Crippen LogP contribution in [0.15, 0.2) is 23.2 Å². The molecular weight excluding hydrogens is 368 g/mol. The van der Waals surface area contributed by atoms with Crippen LogP contribution in [0.1, 0.15) is 19.3 Å². The number of rotatable bonds is 4. The van der Waals surface area contributed by atoms with Crippen LogP contribution in [0.4, 0.5) is 5.82 Å². The summed E-state index contributed by atoms with van der Waals surface area (Å²) in [6.45, 7) is 4.45. The van der Waals surface area contributed by atoms with Crippen molar-refractivity contribution in [2.75, 3.05) is 57.4 Å². The minimum atomic E-state index is -3.52. The molecule has 0 aromatic carbocycles. The van der Waals surface area contributed by atoms with Crippen LogP contribution in [-0.2, 0) is 19.6 Å². The van der Waals surface area contributed by atoms with Crippen molar-refractivity contribution in [1.29, 1.82) is 0 Å². The first kappa shape index (κ1) is 18.6. The fourth-order valence-electron chi connectivity index (χ4n) is 3.72. The molecule has 3 aliphatic rings. The Morgan fingerprint density at radius 1 is 1.04 bits per heavy atom. The van der Waals surface area contributed by atoms with Crippen LogP contribution in [0.2, 0.25) is 0 Å². The average molecular weight is 394 g/mol. The van der Waals surface area contributed by atoms with Gasteiger partial charge in [-0.3, -0.25) is 4.79 Å². The lowest BCUT2D eigenvalue weighted by Crippen LogP contribution is -2.51. The molecular formula is C18H26N4O4S. The van der Waals surface area contributed by atoms with E-state index in [4.69, 9.17) is 4.74 Å². The van der Waals surface area contributed by atoms with Crippen LogP contribution >= 0.6 is 0 Å². The van der Waals surface area contributed by atoms with Crippen molar-refractivity contribution < 1.29 is 17.9 Å². The summed E-state index contributed by atoms with van der Waals surface area (Å²) in [6, 6.07) is 3.38. The minimum Gasteiger partial charge on any atom is -0.379 e. The summed E-state index contributed by atoms with van der Waals surface area (Å²) >= 11 is 0. The maximum absolute atomic E-state index is 12.7. The number of nitrogens with zero attached hydrogens (tertiary/aromatic N) is 4. The highest BCUT2D eigenvalue weighted by Gasteiger charge is 2.31. The van der Waals surface area contributed by atoms with Crippen LogP contribution in [0, 0.1) is 5.92 Å². The van der Waals surface area contributed by atoms with Crippen LogP contribution < -0.4 is 4.90 Å². The van der Waals surface area contributed by atoms with Crippen molar-refractivity contribution >= 4 is 21.7 Å². The van der Waals surface area contributed by atoms with Gasteiger partial charge in [0.1, 0.15) is 10.7 Å². The monoisotopic (exact) mass is 394 g/mol. The lowest BCUT2D eigenvalue weighted by molar-refractivity contribution is -0.138. The summed E-state index contributed by atoms with van der Waals surface area (Å²) in [7, 11) is -3.52. The molecule has 8 nitrogen and oxygen atoms in total. The maximum atomic E-state index is 12.7. The Morgan fingerprint density at radius 3 is 2.30 bits per heavy atom. The molecule has 4 rings (SSSR count).